The summed E-state index contributed by atoms with van der Waals surface area (Å²) in [7, 11) is 0. The van der Waals surface area contributed by atoms with Crippen LogP contribution in [0.25, 0.3) is 0 Å². The van der Waals surface area contributed by atoms with Crippen molar-refractivity contribution >= 4 is 17.4 Å². The molecule has 1 fully saturated rings. The zero-order valence-corrected chi connectivity index (χ0v) is 12.6. The van der Waals surface area contributed by atoms with Gasteiger partial charge < -0.3 is 10.2 Å². The number of rotatable bonds is 4. The van der Waals surface area contributed by atoms with E-state index in [4.69, 9.17) is 0 Å². The molecule has 4 nitrogen and oxygen atoms in total. The fourth-order valence-electron chi connectivity index (χ4n) is 2.53. The Hall–Kier alpha value is -1.58. The first kappa shape index (κ1) is 14.8. The van der Waals surface area contributed by atoms with Crippen LogP contribution in [-0.4, -0.2) is 24.0 Å². The molecule has 0 spiro atoms. The number of anilines is 2. The third kappa shape index (κ3) is 4.51. The Kier molecular flexibility index (Phi) is 5.39. The van der Waals surface area contributed by atoms with Crippen molar-refractivity contribution in [1.29, 1.82) is 0 Å². The van der Waals surface area contributed by atoms with Crippen LogP contribution in [0.2, 0.25) is 0 Å². The molecule has 1 amide bonds. The van der Waals surface area contributed by atoms with Crippen molar-refractivity contribution in [3.8, 4) is 0 Å². The molecule has 1 saturated heterocycles. The molecule has 1 aliphatic rings. The molecule has 0 saturated carbocycles. The molecule has 1 aliphatic heterocycles. The van der Waals surface area contributed by atoms with Crippen LogP contribution in [0.3, 0.4) is 0 Å². The first-order valence-electron chi connectivity index (χ1n) is 7.66. The Morgan fingerprint density at radius 2 is 1.95 bits per heavy atom. The average molecular weight is 275 g/mol. The molecule has 0 aromatic carbocycles. The van der Waals surface area contributed by atoms with Gasteiger partial charge in [-0.25, -0.2) is 4.98 Å². The topological polar surface area (TPSA) is 45.2 Å². The summed E-state index contributed by atoms with van der Waals surface area (Å²) in [6.07, 6.45) is 7.44. The number of hydrogen-bond donors (Lipinski definition) is 1. The summed E-state index contributed by atoms with van der Waals surface area (Å²) in [4.78, 5) is 18.5. The first-order valence-corrected chi connectivity index (χ1v) is 7.66. The molecule has 1 N–H and O–H groups in total. The lowest BCUT2D eigenvalue weighted by molar-refractivity contribution is -0.116. The predicted molar refractivity (Wildman–Crippen MR) is 83.0 cm³/mol. The third-order valence-electron chi connectivity index (χ3n) is 3.56. The second-order valence-corrected chi connectivity index (χ2v) is 5.95. The minimum absolute atomic E-state index is 0.0596. The summed E-state index contributed by atoms with van der Waals surface area (Å²) in [6, 6.07) is 3.96. The van der Waals surface area contributed by atoms with Gasteiger partial charge in [0, 0.05) is 19.5 Å². The second kappa shape index (κ2) is 7.27. The van der Waals surface area contributed by atoms with E-state index in [1.165, 1.54) is 25.7 Å². The summed E-state index contributed by atoms with van der Waals surface area (Å²) in [5.41, 5.74) is 0.786. The average Bonchev–Trinajstić information content (AvgIpc) is 2.67. The van der Waals surface area contributed by atoms with E-state index in [1.807, 2.05) is 26.0 Å². The molecule has 110 valence electrons. The Labute approximate surface area is 121 Å². The van der Waals surface area contributed by atoms with E-state index in [0.29, 0.717) is 12.3 Å². The number of aromatic nitrogens is 1. The molecule has 2 rings (SSSR count). The van der Waals surface area contributed by atoms with Crippen LogP contribution in [0.5, 0.6) is 0 Å². The summed E-state index contributed by atoms with van der Waals surface area (Å²) in [5, 5.41) is 2.90. The van der Waals surface area contributed by atoms with Crippen LogP contribution in [0.15, 0.2) is 18.3 Å². The van der Waals surface area contributed by atoms with Gasteiger partial charge in [0.25, 0.3) is 0 Å². The maximum absolute atomic E-state index is 11.7. The molecular formula is C16H25N3O. The van der Waals surface area contributed by atoms with Crippen molar-refractivity contribution in [2.24, 2.45) is 5.92 Å². The molecule has 1 aromatic heterocycles. The van der Waals surface area contributed by atoms with Gasteiger partial charge in [0.1, 0.15) is 5.82 Å². The highest BCUT2D eigenvalue weighted by Crippen LogP contribution is 2.19. The highest BCUT2D eigenvalue weighted by molar-refractivity contribution is 5.90. The first-order chi connectivity index (χ1) is 9.65. The van der Waals surface area contributed by atoms with Crippen molar-refractivity contribution < 1.29 is 4.79 Å². The molecule has 0 unspecified atom stereocenters. The number of hydrogen-bond acceptors (Lipinski definition) is 3. The van der Waals surface area contributed by atoms with Gasteiger partial charge in [0.2, 0.25) is 5.91 Å². The second-order valence-electron chi connectivity index (χ2n) is 5.95. The van der Waals surface area contributed by atoms with Gasteiger partial charge in [-0.05, 0) is 30.9 Å². The summed E-state index contributed by atoms with van der Waals surface area (Å²) in [5.74, 6) is 1.46. The fraction of sp³-hybridized carbons (Fsp3) is 0.625. The number of nitrogens with one attached hydrogen (secondary N) is 1. The maximum atomic E-state index is 11.7. The van der Waals surface area contributed by atoms with E-state index >= 15 is 0 Å². The molecule has 0 atom stereocenters. The number of pyridine rings is 1. The van der Waals surface area contributed by atoms with Gasteiger partial charge in [-0.2, -0.15) is 0 Å². The van der Waals surface area contributed by atoms with E-state index in [2.05, 4.69) is 15.2 Å². The summed E-state index contributed by atoms with van der Waals surface area (Å²) in [6.45, 7) is 6.26. The number of carbonyl (C=O) groups is 1. The van der Waals surface area contributed by atoms with Gasteiger partial charge >= 0.3 is 0 Å². The Balaban J connectivity index is 1.93. The van der Waals surface area contributed by atoms with Gasteiger partial charge in [-0.3, -0.25) is 4.79 Å². The third-order valence-corrected chi connectivity index (χ3v) is 3.56. The van der Waals surface area contributed by atoms with Crippen LogP contribution >= 0.6 is 0 Å². The Bertz CT molecular complexity index is 420. The van der Waals surface area contributed by atoms with E-state index in [9.17, 15) is 4.79 Å². The van der Waals surface area contributed by atoms with Crippen LogP contribution in [-0.2, 0) is 4.79 Å². The van der Waals surface area contributed by atoms with E-state index < -0.39 is 0 Å². The monoisotopic (exact) mass is 275 g/mol. The zero-order valence-electron chi connectivity index (χ0n) is 12.6. The number of nitrogens with zero attached hydrogens (tertiary/aromatic N) is 2. The van der Waals surface area contributed by atoms with Crippen LogP contribution in [0, 0.1) is 5.92 Å². The van der Waals surface area contributed by atoms with Crippen LogP contribution in [0.1, 0.15) is 46.0 Å². The van der Waals surface area contributed by atoms with Gasteiger partial charge in [0.15, 0.2) is 0 Å². The largest absolute Gasteiger partial charge is 0.357 e. The molecule has 0 aliphatic carbocycles. The standard InChI is InChI=1S/C16H25N3O/c1-13(2)11-16(20)18-14-7-8-15(17-12-14)19-9-5-3-4-6-10-19/h7-8,12-13H,3-6,9-11H2,1-2H3,(H,18,20). The van der Waals surface area contributed by atoms with Crippen molar-refractivity contribution in [2.45, 2.75) is 46.0 Å². The highest BCUT2D eigenvalue weighted by atomic mass is 16.1. The van der Waals surface area contributed by atoms with Crippen LogP contribution < -0.4 is 10.2 Å². The Morgan fingerprint density at radius 1 is 1.25 bits per heavy atom. The minimum Gasteiger partial charge on any atom is -0.357 e. The highest BCUT2D eigenvalue weighted by Gasteiger charge is 2.11. The maximum Gasteiger partial charge on any atom is 0.224 e. The van der Waals surface area contributed by atoms with Gasteiger partial charge in [-0.1, -0.05) is 26.7 Å². The summed E-state index contributed by atoms with van der Waals surface area (Å²) < 4.78 is 0. The molecule has 1 aromatic rings. The van der Waals surface area contributed by atoms with E-state index in [0.717, 1.165) is 24.6 Å². The smallest absolute Gasteiger partial charge is 0.224 e. The lowest BCUT2D eigenvalue weighted by Gasteiger charge is -2.21. The minimum atomic E-state index is 0.0596. The van der Waals surface area contributed by atoms with E-state index in [-0.39, 0.29) is 5.91 Å². The quantitative estimate of drug-likeness (QED) is 0.915. The predicted octanol–water partition coefficient (Wildman–Crippen LogP) is 3.45. The van der Waals surface area contributed by atoms with Crippen molar-refractivity contribution in [3.63, 3.8) is 0 Å². The molecule has 2 heterocycles. The molecular weight excluding hydrogens is 250 g/mol. The molecule has 20 heavy (non-hydrogen) atoms. The Morgan fingerprint density at radius 3 is 2.50 bits per heavy atom. The van der Waals surface area contributed by atoms with E-state index in [1.54, 1.807) is 6.20 Å². The normalized spacial score (nSPS) is 16.1. The SMILES string of the molecule is CC(C)CC(=O)Nc1ccc(N2CCCCCC2)nc1. The lowest BCUT2D eigenvalue weighted by Crippen LogP contribution is -2.24. The fourth-order valence-corrected chi connectivity index (χ4v) is 2.53. The van der Waals surface area contributed by atoms with Crippen molar-refractivity contribution in [1.82, 2.24) is 4.98 Å². The molecule has 0 bridgehead atoms. The zero-order chi connectivity index (χ0) is 14.4. The molecule has 4 heteroatoms. The molecule has 0 radical (unpaired) electrons. The van der Waals surface area contributed by atoms with Gasteiger partial charge in [0.05, 0.1) is 11.9 Å². The van der Waals surface area contributed by atoms with Crippen LogP contribution in [0.4, 0.5) is 11.5 Å². The van der Waals surface area contributed by atoms with Gasteiger partial charge in [-0.15, -0.1) is 0 Å². The summed E-state index contributed by atoms with van der Waals surface area (Å²) >= 11 is 0. The number of carbonyl (C=O) groups excluding carboxylic acids is 1. The number of amides is 1. The lowest BCUT2D eigenvalue weighted by atomic mass is 10.1. The van der Waals surface area contributed by atoms with Crippen molar-refractivity contribution in [3.05, 3.63) is 18.3 Å². The van der Waals surface area contributed by atoms with Crippen molar-refractivity contribution in [2.75, 3.05) is 23.3 Å².